The van der Waals surface area contributed by atoms with Crippen molar-refractivity contribution in [3.8, 4) is 0 Å². The van der Waals surface area contributed by atoms with Crippen molar-refractivity contribution in [2.75, 3.05) is 26.4 Å². The lowest BCUT2D eigenvalue weighted by molar-refractivity contribution is -0.121. The van der Waals surface area contributed by atoms with Crippen LogP contribution >= 0.6 is 0 Å². The zero-order valence-corrected chi connectivity index (χ0v) is 10.5. The number of rotatable bonds is 10. The van der Waals surface area contributed by atoms with Crippen LogP contribution in [0.15, 0.2) is 0 Å². The molecule has 0 rings (SSSR count). The Bertz CT molecular complexity index is 174. The molecule has 2 N–H and O–H groups in total. The summed E-state index contributed by atoms with van der Waals surface area (Å²) in [6, 6.07) is 0. The number of carbonyl (C=O) groups is 1. The molecule has 0 spiro atoms. The van der Waals surface area contributed by atoms with Gasteiger partial charge in [-0.3, -0.25) is 4.79 Å². The first-order valence-electron chi connectivity index (χ1n) is 6.16. The molecule has 0 saturated heterocycles. The molecule has 96 valence electrons. The Morgan fingerprint density at radius 3 is 2.81 bits per heavy atom. The summed E-state index contributed by atoms with van der Waals surface area (Å²) in [5, 5.41) is 11.7. The van der Waals surface area contributed by atoms with Gasteiger partial charge in [0.2, 0.25) is 5.91 Å². The zero-order chi connectivity index (χ0) is 12.2. The molecular formula is C12H25NO3. The van der Waals surface area contributed by atoms with Crippen molar-refractivity contribution in [2.24, 2.45) is 5.92 Å². The van der Waals surface area contributed by atoms with Gasteiger partial charge in [0.15, 0.2) is 0 Å². The van der Waals surface area contributed by atoms with E-state index in [0.717, 1.165) is 19.3 Å². The second kappa shape index (κ2) is 10.9. The van der Waals surface area contributed by atoms with Gasteiger partial charge in [-0.15, -0.1) is 0 Å². The Labute approximate surface area is 98.4 Å². The van der Waals surface area contributed by atoms with E-state index >= 15 is 0 Å². The Kier molecular flexibility index (Phi) is 10.5. The van der Waals surface area contributed by atoms with Crippen LogP contribution in [0.4, 0.5) is 0 Å². The smallest absolute Gasteiger partial charge is 0.220 e. The standard InChI is InChI=1S/C12H25NO3/c1-3-16-9-5-7-12(15)13-8-4-6-11(2)10-14/h11,14H,3-10H2,1-2H3,(H,13,15). The first-order valence-corrected chi connectivity index (χ1v) is 6.16. The van der Waals surface area contributed by atoms with Crippen LogP contribution in [0.5, 0.6) is 0 Å². The molecule has 0 aromatic heterocycles. The summed E-state index contributed by atoms with van der Waals surface area (Å²) in [7, 11) is 0. The van der Waals surface area contributed by atoms with Gasteiger partial charge in [0.05, 0.1) is 0 Å². The lowest BCUT2D eigenvalue weighted by Crippen LogP contribution is -2.24. The van der Waals surface area contributed by atoms with E-state index in [2.05, 4.69) is 5.32 Å². The molecular weight excluding hydrogens is 206 g/mol. The molecule has 16 heavy (non-hydrogen) atoms. The summed E-state index contributed by atoms with van der Waals surface area (Å²) >= 11 is 0. The van der Waals surface area contributed by atoms with Crippen molar-refractivity contribution in [3.63, 3.8) is 0 Å². The second-order valence-corrected chi connectivity index (χ2v) is 4.08. The van der Waals surface area contributed by atoms with Gasteiger partial charge in [0, 0.05) is 32.8 Å². The first-order chi connectivity index (χ1) is 7.70. The van der Waals surface area contributed by atoms with Crippen LogP contribution in [0.3, 0.4) is 0 Å². The van der Waals surface area contributed by atoms with E-state index < -0.39 is 0 Å². The molecule has 0 aliphatic rings. The number of nitrogens with one attached hydrogen (secondary N) is 1. The van der Waals surface area contributed by atoms with E-state index in [0.29, 0.717) is 32.1 Å². The Morgan fingerprint density at radius 2 is 2.19 bits per heavy atom. The van der Waals surface area contributed by atoms with Gasteiger partial charge < -0.3 is 15.2 Å². The molecule has 0 aliphatic carbocycles. The van der Waals surface area contributed by atoms with Crippen LogP contribution in [-0.4, -0.2) is 37.4 Å². The summed E-state index contributed by atoms with van der Waals surface area (Å²) in [6.07, 6.45) is 3.21. The fourth-order valence-corrected chi connectivity index (χ4v) is 1.34. The monoisotopic (exact) mass is 231 g/mol. The molecule has 0 saturated carbocycles. The average molecular weight is 231 g/mol. The lowest BCUT2D eigenvalue weighted by Gasteiger charge is -2.08. The molecule has 0 bridgehead atoms. The Hall–Kier alpha value is -0.610. The quantitative estimate of drug-likeness (QED) is 0.558. The minimum atomic E-state index is 0.0938. The molecule has 0 radical (unpaired) electrons. The number of hydrogen-bond donors (Lipinski definition) is 2. The van der Waals surface area contributed by atoms with Crippen molar-refractivity contribution < 1.29 is 14.6 Å². The highest BCUT2D eigenvalue weighted by Gasteiger charge is 2.02. The van der Waals surface area contributed by atoms with Crippen molar-refractivity contribution in [2.45, 2.75) is 39.5 Å². The van der Waals surface area contributed by atoms with Gasteiger partial charge in [-0.25, -0.2) is 0 Å². The van der Waals surface area contributed by atoms with Crippen molar-refractivity contribution in [3.05, 3.63) is 0 Å². The van der Waals surface area contributed by atoms with Crippen LogP contribution < -0.4 is 5.32 Å². The Balaban J connectivity index is 3.24. The lowest BCUT2D eigenvalue weighted by atomic mass is 10.1. The number of amides is 1. The van der Waals surface area contributed by atoms with Gasteiger partial charge >= 0.3 is 0 Å². The number of hydrogen-bond acceptors (Lipinski definition) is 3. The fourth-order valence-electron chi connectivity index (χ4n) is 1.34. The van der Waals surface area contributed by atoms with E-state index in [-0.39, 0.29) is 12.5 Å². The number of aliphatic hydroxyl groups is 1. The van der Waals surface area contributed by atoms with Crippen LogP contribution in [0.2, 0.25) is 0 Å². The average Bonchev–Trinajstić information content (AvgIpc) is 2.30. The first kappa shape index (κ1) is 15.4. The van der Waals surface area contributed by atoms with E-state index in [1.54, 1.807) is 0 Å². The van der Waals surface area contributed by atoms with Crippen molar-refractivity contribution in [1.29, 1.82) is 0 Å². The van der Waals surface area contributed by atoms with Crippen LogP contribution in [0.1, 0.15) is 39.5 Å². The summed E-state index contributed by atoms with van der Waals surface area (Å²) in [5.41, 5.74) is 0. The highest BCUT2D eigenvalue weighted by molar-refractivity contribution is 5.75. The van der Waals surface area contributed by atoms with E-state index in [1.807, 2.05) is 13.8 Å². The summed E-state index contributed by atoms with van der Waals surface area (Å²) in [5.74, 6) is 0.422. The van der Waals surface area contributed by atoms with E-state index in [4.69, 9.17) is 9.84 Å². The third-order valence-corrected chi connectivity index (χ3v) is 2.40. The minimum absolute atomic E-state index is 0.0938. The predicted octanol–water partition coefficient (Wildman–Crippen LogP) is 1.33. The maximum atomic E-state index is 11.3. The largest absolute Gasteiger partial charge is 0.396 e. The maximum absolute atomic E-state index is 11.3. The molecule has 1 amide bonds. The predicted molar refractivity (Wildman–Crippen MR) is 64.2 cm³/mol. The highest BCUT2D eigenvalue weighted by atomic mass is 16.5. The minimum Gasteiger partial charge on any atom is -0.396 e. The molecule has 0 heterocycles. The highest BCUT2D eigenvalue weighted by Crippen LogP contribution is 2.02. The fraction of sp³-hybridized carbons (Fsp3) is 0.917. The van der Waals surface area contributed by atoms with Crippen LogP contribution in [-0.2, 0) is 9.53 Å². The summed E-state index contributed by atoms with van der Waals surface area (Å²) in [4.78, 5) is 11.3. The molecule has 1 unspecified atom stereocenters. The summed E-state index contributed by atoms with van der Waals surface area (Å²) < 4.78 is 5.15. The topological polar surface area (TPSA) is 58.6 Å². The Morgan fingerprint density at radius 1 is 1.44 bits per heavy atom. The second-order valence-electron chi connectivity index (χ2n) is 4.08. The molecule has 1 atom stereocenters. The molecule has 4 nitrogen and oxygen atoms in total. The van der Waals surface area contributed by atoms with Gasteiger partial charge in [0.1, 0.15) is 0 Å². The molecule has 0 aromatic carbocycles. The third-order valence-electron chi connectivity index (χ3n) is 2.40. The molecule has 0 aromatic rings. The molecule has 0 aliphatic heterocycles. The van der Waals surface area contributed by atoms with Gasteiger partial charge in [-0.1, -0.05) is 6.92 Å². The number of aliphatic hydroxyl groups excluding tert-OH is 1. The van der Waals surface area contributed by atoms with E-state index in [9.17, 15) is 4.79 Å². The van der Waals surface area contributed by atoms with E-state index in [1.165, 1.54) is 0 Å². The van der Waals surface area contributed by atoms with Crippen molar-refractivity contribution in [1.82, 2.24) is 5.32 Å². The van der Waals surface area contributed by atoms with Crippen LogP contribution in [0, 0.1) is 5.92 Å². The molecule has 0 fully saturated rings. The maximum Gasteiger partial charge on any atom is 0.220 e. The van der Waals surface area contributed by atoms with Gasteiger partial charge in [-0.05, 0) is 32.1 Å². The van der Waals surface area contributed by atoms with Crippen LogP contribution in [0.25, 0.3) is 0 Å². The van der Waals surface area contributed by atoms with Gasteiger partial charge in [-0.2, -0.15) is 0 Å². The number of carbonyl (C=O) groups excluding carboxylic acids is 1. The zero-order valence-electron chi connectivity index (χ0n) is 10.5. The number of ether oxygens (including phenoxy) is 1. The SMILES string of the molecule is CCOCCCC(=O)NCCCC(C)CO. The molecule has 4 heteroatoms. The van der Waals surface area contributed by atoms with Gasteiger partial charge in [0.25, 0.3) is 0 Å². The third kappa shape index (κ3) is 9.93. The summed E-state index contributed by atoms with van der Waals surface area (Å²) in [6.45, 7) is 6.25. The van der Waals surface area contributed by atoms with Crippen molar-refractivity contribution >= 4 is 5.91 Å². The normalized spacial score (nSPS) is 12.4.